The molecule has 0 aliphatic carbocycles. The van der Waals surface area contributed by atoms with Crippen LogP contribution in [0.2, 0.25) is 0 Å². The molecule has 0 spiro atoms. The summed E-state index contributed by atoms with van der Waals surface area (Å²) in [5.74, 6) is 0.624. The smallest absolute Gasteiger partial charge is 0.424 e. The first kappa shape index (κ1) is 25.0. The van der Waals surface area contributed by atoms with Gasteiger partial charge >= 0.3 is 12.2 Å². The maximum Gasteiger partial charge on any atom is 0.424 e. The van der Waals surface area contributed by atoms with E-state index in [1.807, 2.05) is 0 Å². The molecule has 1 heterocycles. The van der Waals surface area contributed by atoms with Gasteiger partial charge in [0.2, 0.25) is 11.7 Å². The van der Waals surface area contributed by atoms with Crippen molar-refractivity contribution >= 4 is 23.7 Å². The summed E-state index contributed by atoms with van der Waals surface area (Å²) < 4.78 is 16.1. The average Bonchev–Trinajstić information content (AvgIpc) is 3.07. The molecule has 2 rings (SSSR count). The Labute approximate surface area is 188 Å². The van der Waals surface area contributed by atoms with Crippen LogP contribution in [0.4, 0.5) is 15.3 Å². The van der Waals surface area contributed by atoms with Gasteiger partial charge < -0.3 is 18.8 Å². The summed E-state index contributed by atoms with van der Waals surface area (Å²) in [6, 6.07) is 5.08. The molecule has 0 unspecified atom stereocenters. The first-order valence-corrected chi connectivity index (χ1v) is 10.4. The Morgan fingerprint density at radius 3 is 2.06 bits per heavy atom. The van der Waals surface area contributed by atoms with Gasteiger partial charge in [0.25, 0.3) is 0 Å². The fourth-order valence-electron chi connectivity index (χ4n) is 2.63. The summed E-state index contributed by atoms with van der Waals surface area (Å²) in [5, 5.41) is 3.95. The number of nitrogens with zero attached hydrogens (tertiary/aromatic N) is 3. The Balaban J connectivity index is 2.46. The van der Waals surface area contributed by atoms with Crippen molar-refractivity contribution in [3.05, 3.63) is 29.7 Å². The molecule has 0 bridgehead atoms. The number of rotatable bonds is 5. The Bertz CT molecular complexity index is 970. The van der Waals surface area contributed by atoms with Gasteiger partial charge in [-0.3, -0.25) is 0 Å². The zero-order valence-corrected chi connectivity index (χ0v) is 19.9. The van der Waals surface area contributed by atoms with Crippen LogP contribution < -0.4 is 4.90 Å². The normalized spacial score (nSPS) is 11.8. The molecule has 0 N–H and O–H groups in total. The molecule has 0 radical (unpaired) electrons. The van der Waals surface area contributed by atoms with E-state index in [9.17, 15) is 14.4 Å². The van der Waals surface area contributed by atoms with Crippen LogP contribution in [0.15, 0.2) is 22.7 Å². The van der Waals surface area contributed by atoms with Crippen LogP contribution in [0.25, 0.3) is 11.4 Å². The standard InChI is InChI=1S/C23H31N3O6/c1-14-9-11-16(19-24-18(32-25-19)12-10-15(2)27)13-17(14)26(20(28)30-22(3,4)5)21(29)31-23(6,7)8/h9,11,13H,10,12H2,1-8H3. The molecule has 174 valence electrons. The number of ether oxygens (including phenoxy) is 2. The van der Waals surface area contributed by atoms with Gasteiger partial charge in [0.1, 0.15) is 17.0 Å². The number of aromatic nitrogens is 2. The van der Waals surface area contributed by atoms with Crippen molar-refractivity contribution in [3.63, 3.8) is 0 Å². The van der Waals surface area contributed by atoms with Crippen LogP contribution in [0, 0.1) is 6.92 Å². The Morgan fingerprint density at radius 2 is 1.56 bits per heavy atom. The van der Waals surface area contributed by atoms with Crippen molar-refractivity contribution in [1.29, 1.82) is 0 Å². The number of ketones is 1. The second-order valence-electron chi connectivity index (χ2n) is 9.51. The third-order valence-electron chi connectivity index (χ3n) is 4.02. The van der Waals surface area contributed by atoms with Crippen LogP contribution in [-0.4, -0.2) is 39.3 Å². The summed E-state index contributed by atoms with van der Waals surface area (Å²) in [6.45, 7) is 13.5. The number of anilines is 1. The van der Waals surface area contributed by atoms with Crippen molar-refractivity contribution < 1.29 is 28.4 Å². The maximum atomic E-state index is 13.0. The molecule has 2 amide bonds. The average molecular weight is 446 g/mol. The number of Topliss-reactive ketones (excluding diaryl/α,β-unsaturated/α-hetero) is 1. The molecule has 1 aromatic heterocycles. The quantitative estimate of drug-likeness (QED) is 0.614. The van der Waals surface area contributed by atoms with Gasteiger partial charge in [0.15, 0.2) is 0 Å². The monoisotopic (exact) mass is 445 g/mol. The van der Waals surface area contributed by atoms with Crippen LogP contribution in [0.3, 0.4) is 0 Å². The van der Waals surface area contributed by atoms with E-state index in [1.54, 1.807) is 66.7 Å². The van der Waals surface area contributed by atoms with E-state index in [0.717, 1.165) is 4.90 Å². The van der Waals surface area contributed by atoms with E-state index >= 15 is 0 Å². The molecule has 2 aromatic rings. The lowest BCUT2D eigenvalue weighted by atomic mass is 10.1. The van der Waals surface area contributed by atoms with Crippen LogP contribution >= 0.6 is 0 Å². The number of imide groups is 1. The molecular weight excluding hydrogens is 414 g/mol. The molecule has 32 heavy (non-hydrogen) atoms. The summed E-state index contributed by atoms with van der Waals surface area (Å²) in [5.41, 5.74) is -0.183. The van der Waals surface area contributed by atoms with Crippen molar-refractivity contribution in [3.8, 4) is 11.4 Å². The number of carbonyl (C=O) groups is 3. The first-order valence-electron chi connectivity index (χ1n) is 10.4. The minimum atomic E-state index is -0.859. The van der Waals surface area contributed by atoms with Gasteiger partial charge in [-0.25, -0.2) is 9.59 Å². The number of hydrogen-bond acceptors (Lipinski definition) is 8. The largest absolute Gasteiger partial charge is 0.443 e. The van der Waals surface area contributed by atoms with E-state index in [-0.39, 0.29) is 17.3 Å². The van der Waals surface area contributed by atoms with E-state index in [0.29, 0.717) is 29.9 Å². The summed E-state index contributed by atoms with van der Waals surface area (Å²) >= 11 is 0. The van der Waals surface area contributed by atoms with Crippen molar-refractivity contribution in [2.45, 2.75) is 79.4 Å². The van der Waals surface area contributed by atoms with Gasteiger partial charge in [-0.05, 0) is 67.0 Å². The summed E-state index contributed by atoms with van der Waals surface area (Å²) in [7, 11) is 0. The fourth-order valence-corrected chi connectivity index (χ4v) is 2.63. The molecule has 0 saturated carbocycles. The lowest BCUT2D eigenvalue weighted by Gasteiger charge is -2.29. The zero-order valence-electron chi connectivity index (χ0n) is 19.9. The number of benzene rings is 1. The molecule has 0 saturated heterocycles. The highest BCUT2D eigenvalue weighted by molar-refractivity contribution is 6.10. The molecule has 0 fully saturated rings. The Hall–Kier alpha value is -3.23. The molecule has 9 heteroatoms. The van der Waals surface area contributed by atoms with Gasteiger partial charge in [0.05, 0.1) is 5.69 Å². The predicted octanol–water partition coefficient (Wildman–Crippen LogP) is 5.24. The molecular formula is C23H31N3O6. The highest BCUT2D eigenvalue weighted by Crippen LogP contribution is 2.29. The van der Waals surface area contributed by atoms with Gasteiger partial charge in [-0.15, -0.1) is 0 Å². The summed E-state index contributed by atoms with van der Waals surface area (Å²) in [6.07, 6.45) is -1.08. The fraction of sp³-hybridized carbons (Fsp3) is 0.522. The molecule has 1 aromatic carbocycles. The summed E-state index contributed by atoms with van der Waals surface area (Å²) in [4.78, 5) is 42.3. The second-order valence-corrected chi connectivity index (χ2v) is 9.51. The third-order valence-corrected chi connectivity index (χ3v) is 4.02. The molecule has 9 nitrogen and oxygen atoms in total. The molecule has 0 aliphatic rings. The Morgan fingerprint density at radius 1 is 1.00 bits per heavy atom. The molecule has 0 atom stereocenters. The van der Waals surface area contributed by atoms with Gasteiger partial charge in [0, 0.05) is 18.4 Å². The topological polar surface area (TPSA) is 112 Å². The van der Waals surface area contributed by atoms with Gasteiger partial charge in [-0.1, -0.05) is 17.3 Å². The number of aryl methyl sites for hydroxylation is 2. The Kier molecular flexibility index (Phi) is 7.43. The SMILES string of the molecule is CC(=O)CCc1nc(-c2ccc(C)c(N(C(=O)OC(C)(C)C)C(=O)OC(C)(C)C)c2)no1. The zero-order chi connectivity index (χ0) is 24.3. The van der Waals surface area contributed by atoms with Crippen molar-refractivity contribution in [1.82, 2.24) is 10.1 Å². The lowest BCUT2D eigenvalue weighted by Crippen LogP contribution is -2.44. The minimum absolute atomic E-state index is 0.0211. The van der Waals surface area contributed by atoms with Crippen molar-refractivity contribution in [2.24, 2.45) is 0 Å². The van der Waals surface area contributed by atoms with Crippen LogP contribution in [-0.2, 0) is 20.7 Å². The van der Waals surface area contributed by atoms with E-state index in [4.69, 9.17) is 14.0 Å². The maximum absolute atomic E-state index is 13.0. The van der Waals surface area contributed by atoms with Crippen molar-refractivity contribution in [2.75, 3.05) is 4.90 Å². The van der Waals surface area contributed by atoms with Crippen LogP contribution in [0.1, 0.15) is 66.3 Å². The number of hydrogen-bond donors (Lipinski definition) is 0. The number of carbonyl (C=O) groups excluding carboxylic acids is 3. The first-order chi connectivity index (χ1) is 14.7. The predicted molar refractivity (Wildman–Crippen MR) is 118 cm³/mol. The molecule has 0 aliphatic heterocycles. The third kappa shape index (κ3) is 7.18. The van der Waals surface area contributed by atoms with E-state index in [2.05, 4.69) is 10.1 Å². The van der Waals surface area contributed by atoms with Gasteiger partial charge in [-0.2, -0.15) is 9.88 Å². The van der Waals surface area contributed by atoms with E-state index in [1.165, 1.54) is 6.92 Å². The number of amides is 2. The van der Waals surface area contributed by atoms with Crippen LogP contribution in [0.5, 0.6) is 0 Å². The lowest BCUT2D eigenvalue weighted by molar-refractivity contribution is -0.117. The highest BCUT2D eigenvalue weighted by Gasteiger charge is 2.33. The second kappa shape index (κ2) is 9.50. The minimum Gasteiger partial charge on any atom is -0.443 e. The highest BCUT2D eigenvalue weighted by atomic mass is 16.6. The van der Waals surface area contributed by atoms with E-state index < -0.39 is 23.4 Å².